The lowest BCUT2D eigenvalue weighted by Gasteiger charge is -2.29. The van der Waals surface area contributed by atoms with E-state index in [-0.39, 0.29) is 0 Å². The number of piperidine rings is 1. The molecule has 174 valence electrons. The average Bonchev–Trinajstić information content (AvgIpc) is 3.31. The van der Waals surface area contributed by atoms with Crippen LogP contribution < -0.4 is 10.4 Å². The van der Waals surface area contributed by atoms with Gasteiger partial charge >= 0.3 is 0 Å². The predicted molar refractivity (Wildman–Crippen MR) is 140 cm³/mol. The summed E-state index contributed by atoms with van der Waals surface area (Å²) in [4.78, 5) is 8.15. The molecule has 0 bridgehead atoms. The number of pyridine rings is 2. The number of rotatable bonds is 6. The highest BCUT2D eigenvalue weighted by Crippen LogP contribution is 2.35. The largest absolute Gasteiger partial charge is 0.369 e. The molecular formula is C25H26ClN7S. The number of nitrogens with zero attached hydrogens (tertiary/aromatic N) is 7. The number of aryl methyl sites for hydroxylation is 1. The van der Waals surface area contributed by atoms with Crippen LogP contribution in [0.25, 0.3) is 22.0 Å². The predicted octanol–water partition coefficient (Wildman–Crippen LogP) is 5.35. The van der Waals surface area contributed by atoms with E-state index in [9.17, 15) is 0 Å². The fraction of sp³-hybridized carbons (Fsp3) is 0.280. The summed E-state index contributed by atoms with van der Waals surface area (Å²) < 4.78 is 3.86. The van der Waals surface area contributed by atoms with Gasteiger partial charge < -0.3 is 9.47 Å². The van der Waals surface area contributed by atoms with Gasteiger partial charge in [0.25, 0.3) is 0 Å². The van der Waals surface area contributed by atoms with Gasteiger partial charge in [-0.1, -0.05) is 11.6 Å². The Morgan fingerprint density at radius 1 is 1.06 bits per heavy atom. The number of benzene rings is 1. The van der Waals surface area contributed by atoms with Crippen molar-refractivity contribution in [3.8, 4) is 11.1 Å². The third-order valence-corrected chi connectivity index (χ3v) is 7.43. The number of hydrogen-bond donors (Lipinski definition) is 0. The minimum Gasteiger partial charge on any atom is -0.369 e. The standard InChI is InChI=1S/C25H26ClN7S/c1-27-30-24-9-6-18(19-13-29-31(2)15-19)16-33(24)17-34-20-7-8-22-21(12-20)25(26)23(14-28-22)32-10-4-3-5-11-32/h6-9,12-16H,1,3-5,10-11,17H2,2H3/b30-24-. The maximum Gasteiger partial charge on any atom is 0.155 e. The molecule has 0 amide bonds. The minimum absolute atomic E-state index is 0.658. The fourth-order valence-electron chi connectivity index (χ4n) is 4.26. The van der Waals surface area contributed by atoms with Crippen LogP contribution in [0.4, 0.5) is 5.69 Å². The molecule has 0 spiro atoms. The molecule has 0 N–H and O–H groups in total. The van der Waals surface area contributed by atoms with Gasteiger partial charge in [-0.2, -0.15) is 10.2 Å². The summed E-state index contributed by atoms with van der Waals surface area (Å²) in [7, 11) is 1.91. The maximum absolute atomic E-state index is 6.88. The van der Waals surface area contributed by atoms with Crippen LogP contribution in [0.15, 0.2) is 70.2 Å². The van der Waals surface area contributed by atoms with Crippen LogP contribution in [0.2, 0.25) is 5.02 Å². The second-order valence-corrected chi connectivity index (χ2v) is 9.74. The van der Waals surface area contributed by atoms with E-state index < -0.39 is 0 Å². The summed E-state index contributed by atoms with van der Waals surface area (Å²) in [5.74, 6) is 0.658. The molecule has 1 aliphatic rings. The smallest absolute Gasteiger partial charge is 0.155 e. The van der Waals surface area contributed by atoms with Gasteiger partial charge in [-0.05, 0) is 49.6 Å². The van der Waals surface area contributed by atoms with E-state index in [0.717, 1.165) is 56.2 Å². The second-order valence-electron chi connectivity index (χ2n) is 8.35. The number of anilines is 1. The van der Waals surface area contributed by atoms with Crippen molar-refractivity contribution in [1.82, 2.24) is 19.3 Å². The third kappa shape index (κ3) is 4.74. The van der Waals surface area contributed by atoms with Gasteiger partial charge in [-0.25, -0.2) is 0 Å². The van der Waals surface area contributed by atoms with Crippen molar-refractivity contribution >= 4 is 46.7 Å². The normalized spacial score (nSPS) is 14.6. The molecule has 4 heterocycles. The molecule has 9 heteroatoms. The van der Waals surface area contributed by atoms with Crippen LogP contribution in [0.1, 0.15) is 19.3 Å². The van der Waals surface area contributed by atoms with Gasteiger partial charge in [0.2, 0.25) is 0 Å². The molecule has 1 aliphatic heterocycles. The Labute approximate surface area is 207 Å². The van der Waals surface area contributed by atoms with Crippen molar-refractivity contribution in [1.29, 1.82) is 0 Å². The molecule has 1 saturated heterocycles. The van der Waals surface area contributed by atoms with Crippen molar-refractivity contribution < 1.29 is 0 Å². The molecule has 0 atom stereocenters. The Hall–Kier alpha value is -3.10. The van der Waals surface area contributed by atoms with E-state index >= 15 is 0 Å². The van der Waals surface area contributed by atoms with Gasteiger partial charge in [-0.15, -0.1) is 16.9 Å². The molecule has 1 aromatic carbocycles. The SMILES string of the molecule is C=N/N=c1/ccc(-c2cnn(C)c2)cn1CSc1ccc2ncc(N3CCCCC3)c(Cl)c2c1. The van der Waals surface area contributed by atoms with E-state index in [1.807, 2.05) is 43.8 Å². The lowest BCUT2D eigenvalue weighted by Crippen LogP contribution is -2.29. The summed E-state index contributed by atoms with van der Waals surface area (Å²) in [6, 6.07) is 10.2. The van der Waals surface area contributed by atoms with Gasteiger partial charge in [0.05, 0.1) is 34.5 Å². The summed E-state index contributed by atoms with van der Waals surface area (Å²) in [5, 5.41) is 14.0. The van der Waals surface area contributed by atoms with E-state index in [1.165, 1.54) is 19.3 Å². The fourth-order valence-corrected chi connectivity index (χ4v) is 5.44. The molecule has 0 unspecified atom stereocenters. The topological polar surface area (TPSA) is 63.6 Å². The van der Waals surface area contributed by atoms with Crippen molar-refractivity contribution in [3.05, 3.63) is 65.6 Å². The second kappa shape index (κ2) is 10.0. The lowest BCUT2D eigenvalue weighted by atomic mass is 10.1. The Bertz CT molecular complexity index is 1400. The van der Waals surface area contributed by atoms with Crippen molar-refractivity contribution in [2.75, 3.05) is 18.0 Å². The molecule has 0 radical (unpaired) electrons. The quantitative estimate of drug-likeness (QED) is 0.207. The van der Waals surface area contributed by atoms with Gasteiger partial charge in [0.15, 0.2) is 5.49 Å². The molecule has 0 saturated carbocycles. The van der Waals surface area contributed by atoms with Gasteiger partial charge in [-0.3, -0.25) is 9.67 Å². The molecule has 3 aromatic heterocycles. The first-order valence-electron chi connectivity index (χ1n) is 11.3. The number of fused-ring (bicyclic) bond motifs is 1. The molecule has 1 fully saturated rings. The molecule has 4 aromatic rings. The van der Waals surface area contributed by atoms with Crippen LogP contribution in [-0.4, -0.2) is 39.1 Å². The van der Waals surface area contributed by atoms with Crippen LogP contribution in [0.3, 0.4) is 0 Å². The first-order valence-corrected chi connectivity index (χ1v) is 12.6. The van der Waals surface area contributed by atoms with E-state index in [0.29, 0.717) is 5.88 Å². The number of hydrogen-bond acceptors (Lipinski definition) is 6. The third-order valence-electron chi connectivity index (χ3n) is 6.03. The highest BCUT2D eigenvalue weighted by Gasteiger charge is 2.16. The van der Waals surface area contributed by atoms with Gasteiger partial charge in [0, 0.05) is 60.7 Å². The van der Waals surface area contributed by atoms with E-state index in [4.69, 9.17) is 11.6 Å². The Balaban J connectivity index is 1.43. The van der Waals surface area contributed by atoms with E-state index in [1.54, 1.807) is 16.4 Å². The Kier molecular flexibility index (Phi) is 6.69. The summed E-state index contributed by atoms with van der Waals surface area (Å²) in [5.41, 5.74) is 4.80. The zero-order valence-corrected chi connectivity index (χ0v) is 20.6. The van der Waals surface area contributed by atoms with Crippen molar-refractivity contribution in [3.63, 3.8) is 0 Å². The van der Waals surface area contributed by atoms with Gasteiger partial charge in [0.1, 0.15) is 0 Å². The first-order chi connectivity index (χ1) is 16.6. The lowest BCUT2D eigenvalue weighted by molar-refractivity contribution is 0.577. The molecule has 7 nitrogen and oxygen atoms in total. The van der Waals surface area contributed by atoms with E-state index in [2.05, 4.69) is 54.8 Å². The maximum atomic E-state index is 6.88. The van der Waals surface area contributed by atoms with Crippen molar-refractivity contribution in [2.24, 2.45) is 17.3 Å². The molecular weight excluding hydrogens is 466 g/mol. The average molecular weight is 492 g/mol. The number of thioether (sulfide) groups is 1. The highest BCUT2D eigenvalue weighted by molar-refractivity contribution is 7.98. The summed E-state index contributed by atoms with van der Waals surface area (Å²) >= 11 is 8.59. The highest BCUT2D eigenvalue weighted by atomic mass is 35.5. The first kappa shape index (κ1) is 22.7. The zero-order valence-electron chi connectivity index (χ0n) is 19.1. The van der Waals surface area contributed by atoms with Crippen LogP contribution in [0, 0.1) is 0 Å². The zero-order chi connectivity index (χ0) is 23.5. The minimum atomic E-state index is 0.658. The summed E-state index contributed by atoms with van der Waals surface area (Å²) in [6.07, 6.45) is 11.5. The van der Waals surface area contributed by atoms with Crippen molar-refractivity contribution in [2.45, 2.75) is 30.0 Å². The number of aromatic nitrogens is 4. The molecule has 0 aliphatic carbocycles. The Morgan fingerprint density at radius 2 is 1.91 bits per heavy atom. The Morgan fingerprint density at radius 3 is 2.68 bits per heavy atom. The number of halogens is 1. The summed E-state index contributed by atoms with van der Waals surface area (Å²) in [6.45, 7) is 5.59. The van der Waals surface area contributed by atoms with Crippen LogP contribution in [-0.2, 0) is 12.9 Å². The molecule has 34 heavy (non-hydrogen) atoms. The van der Waals surface area contributed by atoms with Crippen LogP contribution in [0.5, 0.6) is 0 Å². The monoisotopic (exact) mass is 491 g/mol. The van der Waals surface area contributed by atoms with Crippen LogP contribution >= 0.6 is 23.4 Å². The molecule has 5 rings (SSSR count).